The van der Waals surface area contributed by atoms with E-state index in [0.717, 1.165) is 17.7 Å². The van der Waals surface area contributed by atoms with Crippen molar-refractivity contribution in [1.29, 1.82) is 0 Å². The van der Waals surface area contributed by atoms with E-state index >= 15 is 0 Å². The van der Waals surface area contributed by atoms with Gasteiger partial charge in [0.2, 0.25) is 5.91 Å². The molecule has 0 fully saturated rings. The molecule has 2 aromatic carbocycles. The molecular weight excluding hydrogens is 326 g/mol. The molecule has 0 bridgehead atoms. The molecule has 5 heteroatoms. The van der Waals surface area contributed by atoms with Crippen LogP contribution in [0.25, 0.3) is 0 Å². The van der Waals surface area contributed by atoms with E-state index in [2.05, 4.69) is 16.0 Å². The van der Waals surface area contributed by atoms with Crippen molar-refractivity contribution in [1.82, 2.24) is 10.6 Å². The number of rotatable bonds is 8. The lowest BCUT2D eigenvalue weighted by molar-refractivity contribution is -0.120. The van der Waals surface area contributed by atoms with Crippen molar-refractivity contribution in [2.75, 3.05) is 11.9 Å². The van der Waals surface area contributed by atoms with Crippen LogP contribution in [0.4, 0.5) is 5.69 Å². The van der Waals surface area contributed by atoms with Gasteiger partial charge in [-0.05, 0) is 44.0 Å². The lowest BCUT2D eigenvalue weighted by Gasteiger charge is -2.15. The van der Waals surface area contributed by atoms with Gasteiger partial charge in [-0.15, -0.1) is 0 Å². The van der Waals surface area contributed by atoms with Crippen LogP contribution in [0.15, 0.2) is 54.6 Å². The molecule has 0 aliphatic carbocycles. The molecule has 0 saturated heterocycles. The van der Waals surface area contributed by atoms with Gasteiger partial charge >= 0.3 is 0 Å². The second kappa shape index (κ2) is 9.61. The fourth-order valence-electron chi connectivity index (χ4n) is 2.49. The first-order valence-corrected chi connectivity index (χ1v) is 8.98. The quantitative estimate of drug-likeness (QED) is 0.680. The van der Waals surface area contributed by atoms with Gasteiger partial charge in [-0.25, -0.2) is 0 Å². The highest BCUT2D eigenvalue weighted by Gasteiger charge is 2.12. The van der Waals surface area contributed by atoms with Crippen LogP contribution in [-0.2, 0) is 4.79 Å². The molecule has 0 aliphatic rings. The molecule has 2 atom stereocenters. The van der Waals surface area contributed by atoms with Gasteiger partial charge < -0.3 is 16.0 Å². The fourth-order valence-corrected chi connectivity index (χ4v) is 2.49. The van der Waals surface area contributed by atoms with Crippen LogP contribution in [0.3, 0.4) is 0 Å². The summed E-state index contributed by atoms with van der Waals surface area (Å²) in [7, 11) is 0. The molecule has 0 radical (unpaired) electrons. The molecule has 0 saturated carbocycles. The standard InChI is InChI=1S/C21H27N3O2/c1-4-15(2)23-20(25)14-22-19-12-8-11-18(13-19)21(26)24-16(3)17-9-6-5-7-10-17/h5-13,15-16,22H,4,14H2,1-3H3,(H,23,25)(H,24,26). The van der Waals surface area contributed by atoms with E-state index in [4.69, 9.17) is 0 Å². The Morgan fingerprint density at radius 1 is 0.962 bits per heavy atom. The van der Waals surface area contributed by atoms with Crippen molar-refractivity contribution < 1.29 is 9.59 Å². The Hall–Kier alpha value is -2.82. The SMILES string of the molecule is CCC(C)NC(=O)CNc1cccc(C(=O)NC(C)c2ccccc2)c1. The largest absolute Gasteiger partial charge is 0.376 e. The number of amides is 2. The summed E-state index contributed by atoms with van der Waals surface area (Å²) in [5, 5.41) is 8.96. The number of hydrogen-bond donors (Lipinski definition) is 3. The summed E-state index contributed by atoms with van der Waals surface area (Å²) >= 11 is 0. The van der Waals surface area contributed by atoms with E-state index in [0.29, 0.717) is 5.56 Å². The summed E-state index contributed by atoms with van der Waals surface area (Å²) in [5.41, 5.74) is 2.35. The molecule has 5 nitrogen and oxygen atoms in total. The van der Waals surface area contributed by atoms with Crippen LogP contribution in [0.5, 0.6) is 0 Å². The normalized spacial score (nSPS) is 12.7. The molecule has 2 aromatic rings. The zero-order valence-corrected chi connectivity index (χ0v) is 15.6. The summed E-state index contributed by atoms with van der Waals surface area (Å²) in [6.45, 7) is 6.12. The predicted molar refractivity (Wildman–Crippen MR) is 105 cm³/mol. The topological polar surface area (TPSA) is 70.2 Å². The summed E-state index contributed by atoms with van der Waals surface area (Å²) in [4.78, 5) is 24.3. The summed E-state index contributed by atoms with van der Waals surface area (Å²) in [5.74, 6) is -0.207. The highest BCUT2D eigenvalue weighted by atomic mass is 16.2. The molecule has 0 spiro atoms. The van der Waals surface area contributed by atoms with Gasteiger partial charge in [0.25, 0.3) is 5.91 Å². The van der Waals surface area contributed by atoms with Gasteiger partial charge in [0.15, 0.2) is 0 Å². The van der Waals surface area contributed by atoms with Gasteiger partial charge in [-0.1, -0.05) is 43.3 Å². The third-order valence-corrected chi connectivity index (χ3v) is 4.24. The number of benzene rings is 2. The van der Waals surface area contributed by atoms with Crippen molar-refractivity contribution in [3.63, 3.8) is 0 Å². The van der Waals surface area contributed by atoms with E-state index < -0.39 is 0 Å². The van der Waals surface area contributed by atoms with Crippen molar-refractivity contribution in [2.45, 2.75) is 39.3 Å². The molecule has 0 heterocycles. The van der Waals surface area contributed by atoms with E-state index in [-0.39, 0.29) is 30.4 Å². The Morgan fingerprint density at radius 2 is 1.69 bits per heavy atom. The molecule has 2 unspecified atom stereocenters. The average molecular weight is 353 g/mol. The second-order valence-corrected chi connectivity index (χ2v) is 6.42. The van der Waals surface area contributed by atoms with Crippen molar-refractivity contribution >= 4 is 17.5 Å². The van der Waals surface area contributed by atoms with Gasteiger partial charge in [0.1, 0.15) is 0 Å². The average Bonchev–Trinajstić information content (AvgIpc) is 2.67. The maximum Gasteiger partial charge on any atom is 0.251 e. The molecule has 0 aliphatic heterocycles. The minimum absolute atomic E-state index is 0.0631. The van der Waals surface area contributed by atoms with Crippen molar-refractivity contribution in [2.24, 2.45) is 0 Å². The summed E-state index contributed by atoms with van der Waals surface area (Å²) < 4.78 is 0. The Morgan fingerprint density at radius 3 is 2.38 bits per heavy atom. The maximum atomic E-state index is 12.5. The third kappa shape index (κ3) is 5.92. The Labute approximate surface area is 155 Å². The van der Waals surface area contributed by atoms with E-state index in [9.17, 15) is 9.59 Å². The molecule has 138 valence electrons. The van der Waals surface area contributed by atoms with E-state index in [1.54, 1.807) is 18.2 Å². The first kappa shape index (κ1) is 19.5. The Kier molecular flexibility index (Phi) is 7.21. The summed E-state index contributed by atoms with van der Waals surface area (Å²) in [6.07, 6.45) is 0.890. The maximum absolute atomic E-state index is 12.5. The lowest BCUT2D eigenvalue weighted by atomic mass is 10.1. The first-order valence-electron chi connectivity index (χ1n) is 8.98. The van der Waals surface area contributed by atoms with Crippen LogP contribution < -0.4 is 16.0 Å². The van der Waals surface area contributed by atoms with Crippen LogP contribution in [0.2, 0.25) is 0 Å². The van der Waals surface area contributed by atoms with Crippen LogP contribution in [0.1, 0.15) is 49.2 Å². The number of anilines is 1. The van der Waals surface area contributed by atoms with Gasteiger partial charge in [0, 0.05) is 17.3 Å². The number of nitrogens with one attached hydrogen (secondary N) is 3. The first-order chi connectivity index (χ1) is 12.5. The molecule has 0 aromatic heterocycles. The van der Waals surface area contributed by atoms with E-state index in [1.807, 2.05) is 57.2 Å². The van der Waals surface area contributed by atoms with Crippen LogP contribution in [-0.4, -0.2) is 24.4 Å². The zero-order valence-electron chi connectivity index (χ0n) is 15.6. The van der Waals surface area contributed by atoms with E-state index in [1.165, 1.54) is 0 Å². The van der Waals surface area contributed by atoms with Crippen LogP contribution in [0, 0.1) is 0 Å². The lowest BCUT2D eigenvalue weighted by Crippen LogP contribution is -2.36. The Bertz CT molecular complexity index is 731. The highest BCUT2D eigenvalue weighted by Crippen LogP contribution is 2.14. The Balaban J connectivity index is 1.93. The molecule has 26 heavy (non-hydrogen) atoms. The second-order valence-electron chi connectivity index (χ2n) is 6.42. The summed E-state index contributed by atoms with van der Waals surface area (Å²) in [6, 6.07) is 17.1. The number of hydrogen-bond acceptors (Lipinski definition) is 3. The molecule has 2 rings (SSSR count). The number of carbonyl (C=O) groups is 2. The fraction of sp³-hybridized carbons (Fsp3) is 0.333. The van der Waals surface area contributed by atoms with Gasteiger partial charge in [-0.2, -0.15) is 0 Å². The van der Waals surface area contributed by atoms with Gasteiger partial charge in [-0.3, -0.25) is 9.59 Å². The molecule has 3 N–H and O–H groups in total. The van der Waals surface area contributed by atoms with Crippen LogP contribution >= 0.6 is 0 Å². The molecular formula is C21H27N3O2. The van der Waals surface area contributed by atoms with Gasteiger partial charge in [0.05, 0.1) is 12.6 Å². The minimum atomic E-state index is -0.144. The monoisotopic (exact) mass is 353 g/mol. The minimum Gasteiger partial charge on any atom is -0.376 e. The van der Waals surface area contributed by atoms with Crippen molar-refractivity contribution in [3.8, 4) is 0 Å². The smallest absolute Gasteiger partial charge is 0.251 e. The molecule has 2 amide bonds. The number of carbonyl (C=O) groups excluding carboxylic acids is 2. The van der Waals surface area contributed by atoms with Crippen molar-refractivity contribution in [3.05, 3.63) is 65.7 Å². The zero-order chi connectivity index (χ0) is 18.9. The highest BCUT2D eigenvalue weighted by molar-refractivity contribution is 5.95. The predicted octanol–water partition coefficient (Wildman–Crippen LogP) is 3.50. The third-order valence-electron chi connectivity index (χ3n) is 4.24.